The fourth-order valence-electron chi connectivity index (χ4n) is 1.39. The van der Waals surface area contributed by atoms with E-state index in [1.807, 2.05) is 0 Å². The minimum absolute atomic E-state index is 0.0460. The lowest BCUT2D eigenvalue weighted by Crippen LogP contribution is -2.31. The molecule has 0 spiro atoms. The topological polar surface area (TPSA) is 92.3 Å². The zero-order valence-corrected chi connectivity index (χ0v) is 12.9. The lowest BCUT2D eigenvalue weighted by molar-refractivity contribution is 0.544. The molecule has 120 valence electrons. The lowest BCUT2D eigenvalue weighted by atomic mass is 10.3. The molecule has 0 aromatic heterocycles. The van der Waals surface area contributed by atoms with Gasteiger partial charge in [0.15, 0.2) is 0 Å². The predicted octanol–water partition coefficient (Wildman–Crippen LogP) is 0.572. The summed E-state index contributed by atoms with van der Waals surface area (Å²) in [7, 11) is -7.51. The van der Waals surface area contributed by atoms with Gasteiger partial charge in [0.25, 0.3) is 0 Å². The first kappa shape index (κ1) is 18.0. The van der Waals surface area contributed by atoms with Crippen LogP contribution in [0, 0.1) is 11.6 Å². The van der Waals surface area contributed by atoms with Crippen molar-refractivity contribution in [2.24, 2.45) is 0 Å². The van der Waals surface area contributed by atoms with Crippen LogP contribution in [0.3, 0.4) is 0 Å². The molecule has 0 bridgehead atoms. The second-order valence-corrected chi connectivity index (χ2v) is 7.95. The van der Waals surface area contributed by atoms with E-state index in [2.05, 4.69) is 9.44 Å². The van der Waals surface area contributed by atoms with Gasteiger partial charge in [-0.25, -0.2) is 35.1 Å². The maximum absolute atomic E-state index is 13.4. The summed E-state index contributed by atoms with van der Waals surface area (Å²) in [5.41, 5.74) is 0. The van der Waals surface area contributed by atoms with Crippen molar-refractivity contribution in [1.29, 1.82) is 0 Å². The smallest absolute Gasteiger partial charge is 0.215 e. The maximum Gasteiger partial charge on any atom is 0.243 e. The highest BCUT2D eigenvalue weighted by atomic mass is 32.2. The predicted molar refractivity (Wildman–Crippen MR) is 73.6 cm³/mol. The number of nitrogens with one attached hydrogen (secondary N) is 2. The molecule has 0 saturated heterocycles. The molecule has 0 saturated carbocycles. The van der Waals surface area contributed by atoms with Crippen molar-refractivity contribution >= 4 is 20.0 Å². The van der Waals surface area contributed by atoms with Crippen LogP contribution in [0.2, 0.25) is 0 Å². The number of sulfonamides is 2. The third kappa shape index (κ3) is 5.65. The van der Waals surface area contributed by atoms with Gasteiger partial charge in [0.1, 0.15) is 16.5 Å². The van der Waals surface area contributed by atoms with E-state index < -0.39 is 36.6 Å². The quantitative estimate of drug-likeness (QED) is 0.676. The molecule has 0 unspecified atom stereocenters. The molecule has 2 N–H and O–H groups in total. The van der Waals surface area contributed by atoms with Gasteiger partial charge in [0.2, 0.25) is 20.0 Å². The summed E-state index contributed by atoms with van der Waals surface area (Å²) in [4.78, 5) is -0.781. The molecule has 21 heavy (non-hydrogen) atoms. The van der Waals surface area contributed by atoms with E-state index >= 15 is 0 Å². The van der Waals surface area contributed by atoms with Crippen molar-refractivity contribution in [3.63, 3.8) is 0 Å². The Morgan fingerprint density at radius 3 is 2.29 bits per heavy atom. The summed E-state index contributed by atoms with van der Waals surface area (Å²) in [5.74, 6) is -2.00. The Kier molecular flexibility index (Phi) is 6.20. The SMILES string of the molecule is CCS(=O)(=O)NCCCNS(=O)(=O)c1cc(F)ccc1F. The minimum atomic E-state index is -4.18. The molecule has 1 rings (SSSR count). The van der Waals surface area contributed by atoms with Gasteiger partial charge in [0.05, 0.1) is 5.75 Å². The molecule has 0 aliphatic carbocycles. The first-order valence-electron chi connectivity index (χ1n) is 6.10. The maximum atomic E-state index is 13.4. The van der Waals surface area contributed by atoms with Crippen molar-refractivity contribution in [1.82, 2.24) is 9.44 Å². The second-order valence-electron chi connectivity index (χ2n) is 4.12. The average Bonchev–Trinajstić information content (AvgIpc) is 2.41. The number of hydrogen-bond acceptors (Lipinski definition) is 4. The van der Waals surface area contributed by atoms with Gasteiger partial charge in [-0.2, -0.15) is 0 Å². The molecule has 0 heterocycles. The Bertz CT molecular complexity index is 690. The van der Waals surface area contributed by atoms with Crippen molar-refractivity contribution < 1.29 is 25.6 Å². The van der Waals surface area contributed by atoms with Gasteiger partial charge in [-0.15, -0.1) is 0 Å². The van der Waals surface area contributed by atoms with E-state index in [-0.39, 0.29) is 25.3 Å². The molecule has 0 amide bonds. The number of halogens is 2. The normalized spacial score (nSPS) is 12.5. The molecular weight excluding hydrogens is 326 g/mol. The second kappa shape index (κ2) is 7.25. The fraction of sp³-hybridized carbons (Fsp3) is 0.455. The van der Waals surface area contributed by atoms with Crippen LogP contribution in [-0.2, 0) is 20.0 Å². The first-order valence-corrected chi connectivity index (χ1v) is 9.23. The summed E-state index contributed by atoms with van der Waals surface area (Å²) in [6.07, 6.45) is 0.176. The van der Waals surface area contributed by atoms with Crippen LogP contribution >= 0.6 is 0 Å². The Labute approximate surface area is 122 Å². The Hall–Kier alpha value is -1.10. The van der Waals surface area contributed by atoms with Crippen LogP contribution in [0.1, 0.15) is 13.3 Å². The summed E-state index contributed by atoms with van der Waals surface area (Å²) in [6.45, 7) is 1.41. The first-order chi connectivity index (χ1) is 9.68. The van der Waals surface area contributed by atoms with E-state index in [0.29, 0.717) is 6.07 Å². The molecule has 10 heteroatoms. The summed E-state index contributed by atoms with van der Waals surface area (Å²) in [6, 6.07) is 2.12. The van der Waals surface area contributed by atoms with Gasteiger partial charge in [-0.1, -0.05) is 0 Å². The van der Waals surface area contributed by atoms with E-state index in [1.165, 1.54) is 6.92 Å². The minimum Gasteiger partial charge on any atom is -0.215 e. The molecule has 1 aromatic carbocycles. The highest BCUT2D eigenvalue weighted by Crippen LogP contribution is 2.15. The molecule has 0 aliphatic heterocycles. The average molecular weight is 342 g/mol. The molecule has 1 aromatic rings. The van der Waals surface area contributed by atoms with Crippen LogP contribution in [-0.4, -0.2) is 35.7 Å². The highest BCUT2D eigenvalue weighted by Gasteiger charge is 2.19. The highest BCUT2D eigenvalue weighted by molar-refractivity contribution is 7.89. The van der Waals surface area contributed by atoms with Crippen LogP contribution in [0.4, 0.5) is 8.78 Å². The molecule has 0 atom stereocenters. The largest absolute Gasteiger partial charge is 0.243 e. The molecule has 0 aliphatic rings. The standard InChI is InChI=1S/C11H16F2N2O4S2/c1-2-20(16,17)14-6-3-7-15-21(18,19)11-8-9(12)4-5-10(11)13/h4-5,8,14-15H,2-3,6-7H2,1H3. The third-order valence-electron chi connectivity index (χ3n) is 2.53. The van der Waals surface area contributed by atoms with Gasteiger partial charge >= 0.3 is 0 Å². The van der Waals surface area contributed by atoms with Gasteiger partial charge in [0, 0.05) is 13.1 Å². The van der Waals surface area contributed by atoms with E-state index in [4.69, 9.17) is 0 Å². The van der Waals surface area contributed by atoms with Crippen molar-refractivity contribution in [3.05, 3.63) is 29.8 Å². The fourth-order valence-corrected chi connectivity index (χ4v) is 3.21. The van der Waals surface area contributed by atoms with Crippen LogP contribution in [0.5, 0.6) is 0 Å². The lowest BCUT2D eigenvalue weighted by Gasteiger charge is -2.08. The monoisotopic (exact) mass is 342 g/mol. The Morgan fingerprint density at radius 1 is 1.05 bits per heavy atom. The summed E-state index contributed by atoms with van der Waals surface area (Å²) in [5, 5.41) is 0. The zero-order chi connectivity index (χ0) is 16.1. The van der Waals surface area contributed by atoms with Gasteiger partial charge in [-0.05, 0) is 31.5 Å². The number of rotatable bonds is 8. The number of hydrogen-bond donors (Lipinski definition) is 2. The van der Waals surface area contributed by atoms with Crippen molar-refractivity contribution in [2.45, 2.75) is 18.2 Å². The molecule has 6 nitrogen and oxygen atoms in total. The number of benzene rings is 1. The zero-order valence-electron chi connectivity index (χ0n) is 11.3. The van der Waals surface area contributed by atoms with Crippen LogP contribution < -0.4 is 9.44 Å². The van der Waals surface area contributed by atoms with Gasteiger partial charge < -0.3 is 0 Å². The van der Waals surface area contributed by atoms with Crippen LogP contribution in [0.15, 0.2) is 23.1 Å². The molecular formula is C11H16F2N2O4S2. The molecule has 0 radical (unpaired) electrons. The Morgan fingerprint density at radius 2 is 1.67 bits per heavy atom. The van der Waals surface area contributed by atoms with Gasteiger partial charge in [-0.3, -0.25) is 0 Å². The molecule has 0 fully saturated rings. The van der Waals surface area contributed by atoms with Crippen molar-refractivity contribution in [2.75, 3.05) is 18.8 Å². The Balaban J connectivity index is 2.57. The van der Waals surface area contributed by atoms with Crippen LogP contribution in [0.25, 0.3) is 0 Å². The third-order valence-corrected chi connectivity index (χ3v) is 5.41. The van der Waals surface area contributed by atoms with E-state index in [1.54, 1.807) is 0 Å². The van der Waals surface area contributed by atoms with E-state index in [0.717, 1.165) is 12.1 Å². The summed E-state index contributed by atoms with van der Waals surface area (Å²) >= 11 is 0. The van der Waals surface area contributed by atoms with Crippen molar-refractivity contribution in [3.8, 4) is 0 Å². The van der Waals surface area contributed by atoms with E-state index in [9.17, 15) is 25.6 Å². The summed E-state index contributed by atoms with van der Waals surface area (Å²) < 4.78 is 76.4.